The van der Waals surface area contributed by atoms with E-state index in [0.29, 0.717) is 10.7 Å². The second-order valence-electron chi connectivity index (χ2n) is 6.19. The molecule has 0 saturated carbocycles. The number of carbonyl (C=O) groups is 2. The van der Waals surface area contributed by atoms with Crippen molar-refractivity contribution in [2.45, 2.75) is 20.8 Å². The van der Waals surface area contributed by atoms with Gasteiger partial charge >= 0.3 is 0 Å². The summed E-state index contributed by atoms with van der Waals surface area (Å²) in [5.74, 6) is -0.661. The molecular formula is C19H21ClN2O2. The van der Waals surface area contributed by atoms with E-state index in [-0.39, 0.29) is 11.8 Å². The maximum absolute atomic E-state index is 12.8. The molecule has 0 aliphatic rings. The molecule has 2 amide bonds. The number of nitrogens with zero attached hydrogens (tertiary/aromatic N) is 1. The van der Waals surface area contributed by atoms with Gasteiger partial charge in [-0.3, -0.25) is 9.59 Å². The van der Waals surface area contributed by atoms with Crippen LogP contribution in [-0.4, -0.2) is 18.9 Å². The van der Waals surface area contributed by atoms with Crippen molar-refractivity contribution in [2.24, 2.45) is 5.41 Å². The van der Waals surface area contributed by atoms with Gasteiger partial charge in [-0.25, -0.2) is 0 Å². The molecule has 4 nitrogen and oxygen atoms in total. The fraction of sp³-hybridized carbons (Fsp3) is 0.263. The lowest BCUT2D eigenvalue weighted by Crippen LogP contribution is -2.46. The highest BCUT2D eigenvalue weighted by atomic mass is 35.5. The summed E-state index contributed by atoms with van der Waals surface area (Å²) in [5.41, 5.74) is 0.893. The highest BCUT2D eigenvalue weighted by molar-refractivity contribution is 6.31. The summed E-state index contributed by atoms with van der Waals surface area (Å²) in [6, 6.07) is 14.5. The molecule has 5 heteroatoms. The summed E-state index contributed by atoms with van der Waals surface area (Å²) >= 11 is 6.08. The first-order valence-corrected chi connectivity index (χ1v) is 8.02. The molecule has 0 atom stereocenters. The number of benzene rings is 2. The van der Waals surface area contributed by atoms with Gasteiger partial charge in [0.15, 0.2) is 0 Å². The topological polar surface area (TPSA) is 49.4 Å². The summed E-state index contributed by atoms with van der Waals surface area (Å²) in [7, 11) is 1.66. The molecule has 0 radical (unpaired) electrons. The fourth-order valence-corrected chi connectivity index (χ4v) is 2.48. The van der Waals surface area contributed by atoms with Gasteiger partial charge in [0.05, 0.1) is 0 Å². The third-order valence-electron chi connectivity index (χ3n) is 4.07. The Morgan fingerprint density at radius 2 is 1.67 bits per heavy atom. The van der Waals surface area contributed by atoms with Crippen LogP contribution in [0.25, 0.3) is 0 Å². The Morgan fingerprint density at radius 3 is 2.29 bits per heavy atom. The number of carbonyl (C=O) groups excluding carboxylic acids is 2. The molecule has 0 fully saturated rings. The molecule has 0 spiro atoms. The van der Waals surface area contributed by atoms with Crippen LogP contribution >= 0.6 is 11.6 Å². The van der Waals surface area contributed by atoms with Crippen molar-refractivity contribution in [3.8, 4) is 0 Å². The lowest BCUT2D eigenvalue weighted by Gasteiger charge is -2.28. The van der Waals surface area contributed by atoms with Crippen LogP contribution in [-0.2, 0) is 9.59 Å². The molecule has 0 aromatic heterocycles. The van der Waals surface area contributed by atoms with Crippen LogP contribution in [0.2, 0.25) is 5.02 Å². The molecule has 24 heavy (non-hydrogen) atoms. The summed E-state index contributed by atoms with van der Waals surface area (Å²) in [5, 5.41) is 3.38. The van der Waals surface area contributed by atoms with Crippen LogP contribution in [0, 0.1) is 12.3 Å². The highest BCUT2D eigenvalue weighted by Crippen LogP contribution is 2.27. The number of para-hydroxylation sites is 1. The Kier molecular flexibility index (Phi) is 5.30. The maximum Gasteiger partial charge on any atom is 0.241 e. The van der Waals surface area contributed by atoms with Gasteiger partial charge in [0.2, 0.25) is 11.8 Å². The number of nitrogens with one attached hydrogen (secondary N) is 1. The second kappa shape index (κ2) is 7.05. The lowest BCUT2D eigenvalue weighted by atomic mass is 9.90. The van der Waals surface area contributed by atoms with E-state index >= 15 is 0 Å². The Hall–Kier alpha value is -2.33. The van der Waals surface area contributed by atoms with Crippen LogP contribution in [0.5, 0.6) is 0 Å². The van der Waals surface area contributed by atoms with Crippen molar-refractivity contribution in [3.63, 3.8) is 0 Å². The molecule has 0 bridgehead atoms. The number of amides is 2. The van der Waals surface area contributed by atoms with Crippen molar-refractivity contribution in [3.05, 3.63) is 59.1 Å². The molecule has 1 N–H and O–H groups in total. The van der Waals surface area contributed by atoms with Crippen LogP contribution in [0.4, 0.5) is 11.4 Å². The van der Waals surface area contributed by atoms with Gasteiger partial charge in [-0.2, -0.15) is 0 Å². The van der Waals surface area contributed by atoms with Crippen LogP contribution in [0.15, 0.2) is 48.5 Å². The van der Waals surface area contributed by atoms with Crippen LogP contribution < -0.4 is 10.2 Å². The Balaban J connectivity index is 2.21. The largest absolute Gasteiger partial charge is 0.325 e. The van der Waals surface area contributed by atoms with Gasteiger partial charge in [-0.15, -0.1) is 0 Å². The van der Waals surface area contributed by atoms with Crippen LogP contribution in [0.1, 0.15) is 19.4 Å². The molecule has 2 aromatic rings. The Morgan fingerprint density at radius 1 is 1.04 bits per heavy atom. The zero-order valence-electron chi connectivity index (χ0n) is 14.3. The summed E-state index contributed by atoms with van der Waals surface area (Å²) < 4.78 is 0. The van der Waals surface area contributed by atoms with Gasteiger partial charge in [0, 0.05) is 23.4 Å². The average Bonchev–Trinajstić information content (AvgIpc) is 2.58. The molecule has 2 rings (SSSR count). The average molecular weight is 345 g/mol. The van der Waals surface area contributed by atoms with E-state index in [1.54, 1.807) is 39.1 Å². The molecule has 0 aliphatic heterocycles. The van der Waals surface area contributed by atoms with Gasteiger partial charge < -0.3 is 10.2 Å². The second-order valence-corrected chi connectivity index (χ2v) is 6.60. The van der Waals surface area contributed by atoms with E-state index in [1.165, 1.54) is 4.90 Å². The number of anilines is 2. The quantitative estimate of drug-likeness (QED) is 0.842. The van der Waals surface area contributed by atoms with Gasteiger partial charge in [0.1, 0.15) is 5.41 Å². The van der Waals surface area contributed by atoms with Gasteiger partial charge in [-0.1, -0.05) is 35.9 Å². The lowest BCUT2D eigenvalue weighted by molar-refractivity contribution is -0.136. The molecule has 0 unspecified atom stereocenters. The van der Waals surface area contributed by atoms with Crippen molar-refractivity contribution in [2.75, 3.05) is 17.3 Å². The monoisotopic (exact) mass is 344 g/mol. The van der Waals surface area contributed by atoms with E-state index in [2.05, 4.69) is 5.32 Å². The minimum Gasteiger partial charge on any atom is -0.325 e. The summed E-state index contributed by atoms with van der Waals surface area (Å²) in [6.07, 6.45) is 0. The summed E-state index contributed by atoms with van der Waals surface area (Å²) in [4.78, 5) is 27.0. The van der Waals surface area contributed by atoms with E-state index in [1.807, 2.05) is 37.3 Å². The van der Waals surface area contributed by atoms with E-state index in [9.17, 15) is 9.59 Å². The first-order valence-electron chi connectivity index (χ1n) is 7.65. The van der Waals surface area contributed by atoms with Crippen LogP contribution in [0.3, 0.4) is 0 Å². The van der Waals surface area contributed by atoms with Crippen molar-refractivity contribution < 1.29 is 9.59 Å². The third kappa shape index (κ3) is 3.60. The number of halogens is 1. The maximum atomic E-state index is 12.8. The standard InChI is InChI=1S/C19H21ClN2O2/c1-13-15(20)11-8-12-16(13)21-17(23)19(2,3)18(24)22(4)14-9-6-5-7-10-14/h5-12H,1-4H3,(H,21,23). The van der Waals surface area contributed by atoms with E-state index in [4.69, 9.17) is 11.6 Å². The first kappa shape index (κ1) is 18.0. The number of hydrogen-bond donors (Lipinski definition) is 1. The first-order chi connectivity index (χ1) is 11.2. The zero-order chi connectivity index (χ0) is 17.9. The minimum absolute atomic E-state index is 0.286. The smallest absolute Gasteiger partial charge is 0.241 e. The van der Waals surface area contributed by atoms with Gasteiger partial charge in [-0.05, 0) is 50.6 Å². The Bertz CT molecular complexity index is 757. The van der Waals surface area contributed by atoms with E-state index in [0.717, 1.165) is 11.3 Å². The predicted octanol–water partition coefficient (Wildman–Crippen LogP) is 4.28. The summed E-state index contributed by atoms with van der Waals surface area (Å²) in [6.45, 7) is 5.05. The molecular weight excluding hydrogens is 324 g/mol. The predicted molar refractivity (Wildman–Crippen MR) is 98.5 cm³/mol. The number of rotatable bonds is 4. The fourth-order valence-electron chi connectivity index (χ4n) is 2.31. The highest BCUT2D eigenvalue weighted by Gasteiger charge is 2.38. The number of hydrogen-bond acceptors (Lipinski definition) is 2. The molecule has 126 valence electrons. The van der Waals surface area contributed by atoms with E-state index < -0.39 is 5.41 Å². The zero-order valence-corrected chi connectivity index (χ0v) is 15.0. The molecule has 0 heterocycles. The van der Waals surface area contributed by atoms with Gasteiger partial charge in [0.25, 0.3) is 0 Å². The Labute approximate surface area is 147 Å². The molecule has 2 aromatic carbocycles. The molecule has 0 saturated heterocycles. The SMILES string of the molecule is Cc1c(Cl)cccc1NC(=O)C(C)(C)C(=O)N(C)c1ccccc1. The normalized spacial score (nSPS) is 11.0. The van der Waals surface area contributed by atoms with Crippen molar-refractivity contribution in [1.29, 1.82) is 0 Å². The van der Waals surface area contributed by atoms with Crippen molar-refractivity contribution in [1.82, 2.24) is 0 Å². The third-order valence-corrected chi connectivity index (χ3v) is 4.48. The molecule has 0 aliphatic carbocycles. The van der Waals surface area contributed by atoms with Crippen molar-refractivity contribution >= 4 is 34.8 Å². The minimum atomic E-state index is -1.22.